The van der Waals surface area contributed by atoms with E-state index in [9.17, 15) is 0 Å². The van der Waals surface area contributed by atoms with Crippen LogP contribution in [0.4, 0.5) is 34.1 Å². The second-order valence-electron chi connectivity index (χ2n) is 17.1. The molecule has 0 radical (unpaired) electrons. The van der Waals surface area contributed by atoms with Gasteiger partial charge < -0.3 is 18.6 Å². The Morgan fingerprint density at radius 2 is 0.691 bits per heavy atom. The number of nitrogens with zero attached hydrogens (tertiary/aromatic N) is 3. The fourth-order valence-corrected chi connectivity index (χ4v) is 9.82. The Balaban J connectivity index is 0.993. The second kappa shape index (κ2) is 16.4. The first-order valence-corrected chi connectivity index (χ1v) is 22.9. The molecule has 11 aromatic carbocycles. The molecule has 0 saturated carbocycles. The number of rotatable bonds is 9. The van der Waals surface area contributed by atoms with Crippen LogP contribution in [0.5, 0.6) is 0 Å². The molecule has 0 spiro atoms. The fourth-order valence-electron chi connectivity index (χ4n) is 9.82. The number of aromatic nitrogens is 1. The van der Waals surface area contributed by atoms with Crippen LogP contribution in [0.3, 0.4) is 0 Å². The van der Waals surface area contributed by atoms with Gasteiger partial charge in [-0.2, -0.15) is 0 Å². The van der Waals surface area contributed by atoms with Crippen molar-refractivity contribution in [2.24, 2.45) is 0 Å². The summed E-state index contributed by atoms with van der Waals surface area (Å²) >= 11 is 0. The number of fused-ring (bicyclic) bond motifs is 9. The minimum Gasteiger partial charge on any atom is -0.456 e. The molecule has 13 aromatic rings. The largest absolute Gasteiger partial charge is 0.456 e. The number of hydrogen-bond acceptors (Lipinski definition) is 5. The van der Waals surface area contributed by atoms with Gasteiger partial charge in [0.1, 0.15) is 16.7 Å². The summed E-state index contributed by atoms with van der Waals surface area (Å²) in [5.41, 5.74) is 15.1. The van der Waals surface area contributed by atoms with Gasteiger partial charge in [-0.3, -0.25) is 0 Å². The van der Waals surface area contributed by atoms with E-state index in [0.717, 1.165) is 117 Å². The molecule has 0 aliphatic heterocycles. The first-order valence-electron chi connectivity index (χ1n) is 22.9. The van der Waals surface area contributed by atoms with E-state index in [-0.39, 0.29) is 0 Å². The molecule has 0 aliphatic rings. The number of hydrogen-bond donors (Lipinski definition) is 0. The third-order valence-corrected chi connectivity index (χ3v) is 13.0. The summed E-state index contributed by atoms with van der Waals surface area (Å²) in [4.78, 5) is 9.91. The highest BCUT2D eigenvalue weighted by Crippen LogP contribution is 2.44. The molecule has 68 heavy (non-hydrogen) atoms. The molecule has 5 nitrogen and oxygen atoms in total. The molecule has 2 aromatic heterocycles. The molecule has 13 rings (SSSR count). The van der Waals surface area contributed by atoms with E-state index >= 15 is 0 Å². The molecule has 0 saturated heterocycles. The van der Waals surface area contributed by atoms with Gasteiger partial charge in [-0.25, -0.2) is 4.98 Å². The molecule has 2 heterocycles. The van der Waals surface area contributed by atoms with Crippen LogP contribution in [0.1, 0.15) is 0 Å². The highest BCUT2D eigenvalue weighted by molar-refractivity contribution is 6.24. The van der Waals surface area contributed by atoms with Crippen LogP contribution in [-0.4, -0.2) is 4.98 Å². The lowest BCUT2D eigenvalue weighted by molar-refractivity contribution is 0.623. The minimum absolute atomic E-state index is 0.568. The Morgan fingerprint density at radius 3 is 1.25 bits per heavy atom. The Morgan fingerprint density at radius 1 is 0.265 bits per heavy atom. The van der Waals surface area contributed by atoms with Crippen molar-refractivity contribution in [3.63, 3.8) is 0 Å². The Labute approximate surface area is 393 Å². The molecular weight excluding hydrogens is 831 g/mol. The van der Waals surface area contributed by atoms with E-state index in [1.807, 2.05) is 30.3 Å². The topological polar surface area (TPSA) is 45.7 Å². The molecule has 320 valence electrons. The third-order valence-electron chi connectivity index (χ3n) is 13.0. The summed E-state index contributed by atoms with van der Waals surface area (Å²) in [6.07, 6.45) is 0. The summed E-state index contributed by atoms with van der Waals surface area (Å²) in [7, 11) is 0. The lowest BCUT2D eigenvalue weighted by atomic mass is 9.93. The normalized spacial score (nSPS) is 11.5. The average molecular weight is 872 g/mol. The lowest BCUT2D eigenvalue weighted by Crippen LogP contribution is -2.09. The van der Waals surface area contributed by atoms with Gasteiger partial charge in [0, 0.05) is 61.2 Å². The number of furan rings is 1. The highest BCUT2D eigenvalue weighted by Gasteiger charge is 2.21. The van der Waals surface area contributed by atoms with E-state index in [1.165, 1.54) is 0 Å². The van der Waals surface area contributed by atoms with Crippen LogP contribution >= 0.6 is 0 Å². The van der Waals surface area contributed by atoms with Crippen LogP contribution in [0, 0.1) is 0 Å². The quantitative estimate of drug-likeness (QED) is 0.135. The number of anilines is 6. The van der Waals surface area contributed by atoms with Gasteiger partial charge in [0.2, 0.25) is 5.89 Å². The van der Waals surface area contributed by atoms with Crippen molar-refractivity contribution >= 4 is 88.7 Å². The van der Waals surface area contributed by atoms with Gasteiger partial charge in [0.15, 0.2) is 5.58 Å². The zero-order valence-electron chi connectivity index (χ0n) is 36.8. The summed E-state index contributed by atoms with van der Waals surface area (Å²) in [6, 6.07) is 87.7. The average Bonchev–Trinajstić information content (AvgIpc) is 4.03. The first-order chi connectivity index (χ1) is 33.7. The maximum absolute atomic E-state index is 6.89. The van der Waals surface area contributed by atoms with Crippen LogP contribution in [0.2, 0.25) is 0 Å². The number of oxazole rings is 1. The monoisotopic (exact) mass is 871 g/mol. The van der Waals surface area contributed by atoms with Crippen molar-refractivity contribution in [3.8, 4) is 33.7 Å². The zero-order valence-corrected chi connectivity index (χ0v) is 36.8. The second-order valence-corrected chi connectivity index (χ2v) is 17.1. The van der Waals surface area contributed by atoms with Crippen LogP contribution in [0.15, 0.2) is 258 Å². The van der Waals surface area contributed by atoms with Crippen LogP contribution < -0.4 is 9.80 Å². The van der Waals surface area contributed by atoms with Crippen molar-refractivity contribution in [3.05, 3.63) is 249 Å². The molecule has 0 amide bonds. The molecule has 0 fully saturated rings. The van der Waals surface area contributed by atoms with Gasteiger partial charge in [-0.1, -0.05) is 133 Å². The predicted molar refractivity (Wildman–Crippen MR) is 282 cm³/mol. The van der Waals surface area contributed by atoms with Gasteiger partial charge in [-0.05, 0) is 148 Å². The molecule has 0 atom stereocenters. The molecule has 0 unspecified atom stereocenters. The summed E-state index contributed by atoms with van der Waals surface area (Å²) in [5.74, 6) is 0.568. The van der Waals surface area contributed by atoms with Crippen LogP contribution in [0.25, 0.3) is 88.3 Å². The first kappa shape index (κ1) is 39.2. The van der Waals surface area contributed by atoms with Crippen molar-refractivity contribution in [1.29, 1.82) is 0 Å². The van der Waals surface area contributed by atoms with Gasteiger partial charge in [0.25, 0.3) is 0 Å². The predicted octanol–water partition coefficient (Wildman–Crippen LogP) is 18.0. The lowest BCUT2D eigenvalue weighted by Gasteiger charge is -2.26. The maximum atomic E-state index is 6.89. The van der Waals surface area contributed by atoms with Crippen LogP contribution in [-0.2, 0) is 0 Å². The minimum atomic E-state index is 0.568. The number of para-hydroxylation sites is 5. The van der Waals surface area contributed by atoms with E-state index in [0.29, 0.717) is 5.89 Å². The summed E-state index contributed by atoms with van der Waals surface area (Å²) in [6.45, 7) is 0. The SMILES string of the molecule is c1ccc(N(c2ccccc2)c2cccc(-c3ccc4c(c3)c3cc(-c5cccc(N(c6ccccc6)c6ccccc6)c5)ccc3c3oc(-c5ccc6oc7ccccc7c6c5)nc43)c2)cc1. The van der Waals surface area contributed by atoms with Crippen molar-refractivity contribution in [2.45, 2.75) is 0 Å². The Kier molecular flexibility index (Phi) is 9.43. The van der Waals surface area contributed by atoms with Gasteiger partial charge in [-0.15, -0.1) is 0 Å². The zero-order chi connectivity index (χ0) is 45.0. The highest BCUT2D eigenvalue weighted by atomic mass is 16.3. The molecule has 0 bridgehead atoms. The maximum Gasteiger partial charge on any atom is 0.227 e. The summed E-state index contributed by atoms with van der Waals surface area (Å²) in [5, 5.41) is 6.31. The van der Waals surface area contributed by atoms with E-state index < -0.39 is 0 Å². The molecule has 5 heteroatoms. The van der Waals surface area contributed by atoms with E-state index in [4.69, 9.17) is 13.8 Å². The van der Waals surface area contributed by atoms with E-state index in [1.54, 1.807) is 0 Å². The Hall–Kier alpha value is -9.19. The van der Waals surface area contributed by atoms with Crippen molar-refractivity contribution < 1.29 is 8.83 Å². The third kappa shape index (κ3) is 6.84. The summed E-state index contributed by atoms with van der Waals surface area (Å²) < 4.78 is 13.1. The van der Waals surface area contributed by atoms with Gasteiger partial charge >= 0.3 is 0 Å². The molecule has 0 aliphatic carbocycles. The van der Waals surface area contributed by atoms with Crippen molar-refractivity contribution in [1.82, 2.24) is 4.98 Å². The molecular formula is C63H41N3O2. The van der Waals surface area contributed by atoms with E-state index in [2.05, 4.69) is 228 Å². The van der Waals surface area contributed by atoms with Gasteiger partial charge in [0.05, 0.1) is 0 Å². The Bertz CT molecular complexity index is 3690. The number of benzene rings is 11. The smallest absolute Gasteiger partial charge is 0.227 e. The fraction of sp³-hybridized carbons (Fsp3) is 0. The standard InChI is InChI=1S/C63H41N3O2/c1-5-19-47(20-6-1)65(48-21-7-2-8-22-48)51-27-15-17-42(37-51)44-31-34-54-56(39-44)57-40-45(43-18-16-28-52(38-43)66(49-23-9-3-10-24-49)50-25-11-4-12-26-50)32-35-55(57)62-61(54)64-63(68-62)46-33-36-60-58(41-46)53-29-13-14-30-59(53)67-60/h1-41H. The van der Waals surface area contributed by atoms with Crippen molar-refractivity contribution in [2.75, 3.05) is 9.80 Å². The molecule has 0 N–H and O–H groups in total.